The van der Waals surface area contributed by atoms with Crippen LogP contribution in [0.3, 0.4) is 0 Å². The summed E-state index contributed by atoms with van der Waals surface area (Å²) in [6, 6.07) is 0. The van der Waals surface area contributed by atoms with Crippen LogP contribution in [0, 0.1) is 0 Å². The van der Waals surface area contributed by atoms with E-state index in [1.54, 1.807) is 0 Å². The Balaban J connectivity index is 2.53. The molecule has 1 saturated heterocycles. The SMILES string of the molecule is OC[C@@H]1S[C@H](O[SeH])[C@H](O)[C@@H]1O. The first-order valence-electron chi connectivity index (χ1n) is 3.13. The van der Waals surface area contributed by atoms with Crippen LogP contribution in [-0.4, -0.2) is 61.2 Å². The van der Waals surface area contributed by atoms with Crippen LogP contribution >= 0.6 is 11.8 Å². The van der Waals surface area contributed by atoms with E-state index in [-0.39, 0.29) is 11.9 Å². The van der Waals surface area contributed by atoms with Crippen molar-refractivity contribution in [3.63, 3.8) is 0 Å². The van der Waals surface area contributed by atoms with Crippen LogP contribution in [0.5, 0.6) is 0 Å². The molecule has 0 aromatic heterocycles. The van der Waals surface area contributed by atoms with Crippen molar-refractivity contribution in [1.29, 1.82) is 0 Å². The van der Waals surface area contributed by atoms with Crippen molar-refractivity contribution in [3.8, 4) is 0 Å². The molecule has 0 spiro atoms. The minimum absolute atomic E-state index is 0.143. The molecule has 1 aliphatic heterocycles. The average Bonchev–Trinajstić information content (AvgIpc) is 2.30. The Hall–Kier alpha value is 0.709. The molecule has 4 nitrogen and oxygen atoms in total. The first-order chi connectivity index (χ1) is 5.20. The van der Waals surface area contributed by atoms with Gasteiger partial charge in [0.15, 0.2) is 0 Å². The van der Waals surface area contributed by atoms with Gasteiger partial charge in [-0.3, -0.25) is 0 Å². The first-order valence-corrected chi connectivity index (χ1v) is 4.84. The van der Waals surface area contributed by atoms with Gasteiger partial charge in [-0.25, -0.2) is 0 Å². The molecule has 0 bridgehead atoms. The standard InChI is InChI=1S/C5H10O4SSe/c6-1-2-3(7)4(8)5(9-11)10-2/h2-8,11H,1H2/t2-,3+,4+,5-/m0/s1. The van der Waals surface area contributed by atoms with Crippen LogP contribution in [0.15, 0.2) is 0 Å². The third-order valence-electron chi connectivity index (χ3n) is 1.60. The molecule has 4 atom stereocenters. The maximum absolute atomic E-state index is 9.24. The molecular formula is C5H10O4SSe. The summed E-state index contributed by atoms with van der Waals surface area (Å²) in [6.07, 6.45) is -1.79. The molecule has 66 valence electrons. The molecule has 0 radical (unpaired) electrons. The summed E-state index contributed by atoms with van der Waals surface area (Å²) in [6.45, 7) is -0.143. The third-order valence-corrected chi connectivity index (χ3v) is 3.81. The number of hydrogen-bond acceptors (Lipinski definition) is 5. The van der Waals surface area contributed by atoms with E-state index in [1.807, 2.05) is 16.3 Å². The molecular weight excluding hydrogens is 235 g/mol. The number of rotatable bonds is 2. The quantitative estimate of drug-likeness (QED) is 0.490. The van der Waals surface area contributed by atoms with Crippen molar-refractivity contribution < 1.29 is 19.1 Å². The zero-order chi connectivity index (χ0) is 8.43. The minimum atomic E-state index is -0.903. The van der Waals surface area contributed by atoms with E-state index in [0.29, 0.717) is 0 Å². The molecule has 0 aromatic carbocycles. The van der Waals surface area contributed by atoms with Gasteiger partial charge in [-0.05, 0) is 0 Å². The summed E-state index contributed by atoms with van der Waals surface area (Å²) in [5, 5.41) is 26.9. The van der Waals surface area contributed by atoms with Gasteiger partial charge in [-0.2, -0.15) is 0 Å². The Morgan fingerprint density at radius 1 is 1.36 bits per heavy atom. The molecule has 1 heterocycles. The van der Waals surface area contributed by atoms with Crippen LogP contribution in [0.1, 0.15) is 0 Å². The predicted octanol–water partition coefficient (Wildman–Crippen LogP) is -2.03. The van der Waals surface area contributed by atoms with Crippen molar-refractivity contribution >= 4 is 28.1 Å². The second-order valence-corrected chi connectivity index (χ2v) is 4.10. The topological polar surface area (TPSA) is 69.9 Å². The molecule has 6 heteroatoms. The maximum atomic E-state index is 9.24. The van der Waals surface area contributed by atoms with E-state index < -0.39 is 17.6 Å². The number of aliphatic hydroxyl groups is 3. The van der Waals surface area contributed by atoms with Crippen molar-refractivity contribution in [2.75, 3.05) is 6.61 Å². The summed E-state index contributed by atoms with van der Waals surface area (Å²) >= 11 is 3.13. The van der Waals surface area contributed by atoms with Gasteiger partial charge in [0.2, 0.25) is 0 Å². The van der Waals surface area contributed by atoms with Crippen LogP contribution in [-0.2, 0) is 3.82 Å². The van der Waals surface area contributed by atoms with Gasteiger partial charge in [0.25, 0.3) is 0 Å². The van der Waals surface area contributed by atoms with Gasteiger partial charge < -0.3 is 0 Å². The van der Waals surface area contributed by atoms with Gasteiger partial charge in [0, 0.05) is 0 Å². The number of thioether (sulfide) groups is 1. The van der Waals surface area contributed by atoms with Crippen molar-refractivity contribution in [1.82, 2.24) is 0 Å². The van der Waals surface area contributed by atoms with Gasteiger partial charge >= 0.3 is 76.7 Å². The third kappa shape index (κ3) is 1.89. The Bertz CT molecular complexity index is 118. The molecule has 1 rings (SSSR count). The van der Waals surface area contributed by atoms with Crippen molar-refractivity contribution in [2.24, 2.45) is 0 Å². The molecule has 1 fully saturated rings. The first kappa shape index (κ1) is 9.79. The fourth-order valence-corrected chi connectivity index (χ4v) is 2.65. The number of aliphatic hydroxyl groups excluding tert-OH is 3. The zero-order valence-electron chi connectivity index (χ0n) is 5.62. The summed E-state index contributed by atoms with van der Waals surface area (Å²) in [7, 11) is 0. The van der Waals surface area contributed by atoms with Crippen molar-refractivity contribution in [3.05, 3.63) is 0 Å². The molecule has 1 aliphatic rings. The predicted molar refractivity (Wildman–Crippen MR) is 42.5 cm³/mol. The molecule has 0 saturated carbocycles. The van der Waals surface area contributed by atoms with Crippen LogP contribution in [0.4, 0.5) is 0 Å². The summed E-state index contributed by atoms with van der Waals surface area (Å²) in [5.74, 6) is 0. The molecule has 0 amide bonds. The fourth-order valence-electron chi connectivity index (χ4n) is 0.952. The molecule has 0 aromatic rings. The van der Waals surface area contributed by atoms with E-state index in [2.05, 4.69) is 0 Å². The van der Waals surface area contributed by atoms with Gasteiger partial charge in [0.1, 0.15) is 0 Å². The Morgan fingerprint density at radius 2 is 2.00 bits per heavy atom. The molecule has 3 N–H and O–H groups in total. The summed E-state index contributed by atoms with van der Waals surface area (Å²) in [5.41, 5.74) is -0.442. The molecule has 0 unspecified atom stereocenters. The fraction of sp³-hybridized carbons (Fsp3) is 1.00. The molecule has 11 heavy (non-hydrogen) atoms. The van der Waals surface area contributed by atoms with E-state index >= 15 is 0 Å². The van der Waals surface area contributed by atoms with E-state index in [0.717, 1.165) is 0 Å². The van der Waals surface area contributed by atoms with E-state index in [4.69, 9.17) is 8.93 Å². The van der Waals surface area contributed by atoms with Crippen LogP contribution in [0.25, 0.3) is 0 Å². The number of hydrogen-bond donors (Lipinski definition) is 3. The Kier molecular flexibility index (Phi) is 3.64. The van der Waals surface area contributed by atoms with Crippen LogP contribution in [0.2, 0.25) is 0 Å². The second-order valence-electron chi connectivity index (χ2n) is 2.31. The summed E-state index contributed by atoms with van der Waals surface area (Å²) < 4.78 is 4.81. The second kappa shape index (κ2) is 4.09. The van der Waals surface area contributed by atoms with Gasteiger partial charge in [-0.15, -0.1) is 0 Å². The normalized spacial score (nSPS) is 44.7. The molecule has 0 aliphatic carbocycles. The van der Waals surface area contributed by atoms with Crippen molar-refractivity contribution in [2.45, 2.75) is 22.9 Å². The Labute approximate surface area is 77.1 Å². The van der Waals surface area contributed by atoms with E-state index in [1.165, 1.54) is 11.8 Å². The van der Waals surface area contributed by atoms with Gasteiger partial charge in [0.05, 0.1) is 0 Å². The Morgan fingerprint density at radius 3 is 2.27 bits per heavy atom. The zero-order valence-corrected chi connectivity index (χ0v) is 8.31. The van der Waals surface area contributed by atoms with E-state index in [9.17, 15) is 10.2 Å². The average molecular weight is 245 g/mol. The van der Waals surface area contributed by atoms with Crippen LogP contribution < -0.4 is 0 Å². The van der Waals surface area contributed by atoms with Gasteiger partial charge in [-0.1, -0.05) is 0 Å². The monoisotopic (exact) mass is 246 g/mol. The summed E-state index contributed by atoms with van der Waals surface area (Å²) in [4.78, 5) is 0.